The van der Waals surface area contributed by atoms with E-state index >= 15 is 0 Å². The van der Waals surface area contributed by atoms with E-state index < -0.39 is 0 Å². The molecule has 0 aromatic carbocycles. The fourth-order valence-electron chi connectivity index (χ4n) is 2.25. The highest BCUT2D eigenvalue weighted by Gasteiger charge is 2.12. The molecule has 116 valence electrons. The minimum absolute atomic E-state index is 0.0780. The molecule has 0 spiro atoms. The second kappa shape index (κ2) is 13.4. The van der Waals surface area contributed by atoms with Crippen molar-refractivity contribution in [2.24, 2.45) is 0 Å². The summed E-state index contributed by atoms with van der Waals surface area (Å²) in [6.45, 7) is 3.94. The largest absolute Gasteiger partial charge is 0.353 e. The second-order valence-corrected chi connectivity index (χ2v) is 5.47. The van der Waals surface area contributed by atoms with Crippen LogP contribution in [0, 0.1) is 0 Å². The molecule has 1 fully saturated rings. The van der Waals surface area contributed by atoms with Crippen molar-refractivity contribution in [2.75, 3.05) is 13.2 Å². The summed E-state index contributed by atoms with van der Waals surface area (Å²) in [5, 5.41) is 0. The molecule has 1 aliphatic rings. The fourth-order valence-corrected chi connectivity index (χ4v) is 2.25. The number of hydrogen-bond donors (Lipinski definition) is 0. The Bertz CT molecular complexity index is 252. The van der Waals surface area contributed by atoms with Gasteiger partial charge in [-0.25, -0.2) is 0 Å². The third kappa shape index (κ3) is 10.2. The van der Waals surface area contributed by atoms with Gasteiger partial charge in [0, 0.05) is 13.2 Å². The van der Waals surface area contributed by atoms with Crippen LogP contribution in [-0.4, -0.2) is 19.5 Å². The van der Waals surface area contributed by atoms with Gasteiger partial charge in [-0.2, -0.15) is 0 Å². The third-order valence-corrected chi connectivity index (χ3v) is 3.50. The van der Waals surface area contributed by atoms with Crippen LogP contribution in [0.3, 0.4) is 0 Å². The van der Waals surface area contributed by atoms with Crippen LogP contribution in [0.1, 0.15) is 71.1 Å². The molecule has 20 heavy (non-hydrogen) atoms. The second-order valence-electron chi connectivity index (χ2n) is 5.47. The molecule has 0 bridgehead atoms. The number of unbranched alkanes of at least 4 members (excludes halogenated alkanes) is 4. The van der Waals surface area contributed by atoms with E-state index in [4.69, 9.17) is 9.47 Å². The van der Waals surface area contributed by atoms with Crippen LogP contribution in [0.5, 0.6) is 0 Å². The average molecular weight is 280 g/mol. The zero-order valence-electron chi connectivity index (χ0n) is 13.2. The molecule has 0 unspecified atom stereocenters. The van der Waals surface area contributed by atoms with Gasteiger partial charge >= 0.3 is 0 Å². The third-order valence-electron chi connectivity index (χ3n) is 3.50. The average Bonchev–Trinajstić information content (AvgIpc) is 2.49. The minimum Gasteiger partial charge on any atom is -0.353 e. The van der Waals surface area contributed by atoms with Crippen LogP contribution < -0.4 is 0 Å². The zero-order chi connectivity index (χ0) is 14.3. The Balaban J connectivity index is 1.81. The summed E-state index contributed by atoms with van der Waals surface area (Å²) in [4.78, 5) is 0. The van der Waals surface area contributed by atoms with E-state index in [-0.39, 0.29) is 6.29 Å². The molecule has 0 amide bonds. The maximum absolute atomic E-state index is 5.71. The van der Waals surface area contributed by atoms with Crippen molar-refractivity contribution < 1.29 is 9.47 Å². The minimum atomic E-state index is 0.0780. The molecule has 0 aromatic heterocycles. The Hall–Kier alpha value is -0.600. The van der Waals surface area contributed by atoms with Gasteiger partial charge in [-0.3, -0.25) is 0 Å². The zero-order valence-corrected chi connectivity index (χ0v) is 13.2. The molecule has 1 saturated heterocycles. The van der Waals surface area contributed by atoms with Gasteiger partial charge in [0.25, 0.3) is 0 Å². The van der Waals surface area contributed by atoms with Crippen molar-refractivity contribution in [3.63, 3.8) is 0 Å². The summed E-state index contributed by atoms with van der Waals surface area (Å²) < 4.78 is 11.2. The van der Waals surface area contributed by atoms with Crippen molar-refractivity contribution in [2.45, 2.75) is 77.4 Å². The SMILES string of the molecule is CCC/C=C/CC/C=C/CCCCO[C@@H]1CCCCO1. The van der Waals surface area contributed by atoms with E-state index in [0.717, 1.165) is 26.1 Å². The smallest absolute Gasteiger partial charge is 0.157 e. The predicted octanol–water partition coefficient (Wildman–Crippen LogP) is 5.39. The lowest BCUT2D eigenvalue weighted by Gasteiger charge is -2.22. The van der Waals surface area contributed by atoms with E-state index in [1.54, 1.807) is 0 Å². The van der Waals surface area contributed by atoms with Crippen LogP contribution >= 0.6 is 0 Å². The molecular weight excluding hydrogens is 248 g/mol. The Morgan fingerprint density at radius 2 is 1.70 bits per heavy atom. The fraction of sp³-hybridized carbons (Fsp3) is 0.778. The Morgan fingerprint density at radius 1 is 0.950 bits per heavy atom. The lowest BCUT2D eigenvalue weighted by Crippen LogP contribution is -2.22. The van der Waals surface area contributed by atoms with E-state index in [2.05, 4.69) is 31.2 Å². The van der Waals surface area contributed by atoms with Crippen molar-refractivity contribution in [1.82, 2.24) is 0 Å². The quantitative estimate of drug-likeness (QED) is 0.373. The van der Waals surface area contributed by atoms with Gasteiger partial charge in [0.15, 0.2) is 6.29 Å². The molecule has 0 radical (unpaired) electrons. The normalized spacial score (nSPS) is 20.1. The van der Waals surface area contributed by atoms with Crippen LogP contribution in [0.25, 0.3) is 0 Å². The Labute approximate surface area is 125 Å². The van der Waals surface area contributed by atoms with E-state index in [0.29, 0.717) is 0 Å². The number of rotatable bonds is 11. The first-order chi connectivity index (χ1) is 9.93. The van der Waals surface area contributed by atoms with Gasteiger partial charge in [0.1, 0.15) is 0 Å². The Morgan fingerprint density at radius 3 is 2.40 bits per heavy atom. The molecular formula is C18H32O2. The summed E-state index contributed by atoms with van der Waals surface area (Å²) >= 11 is 0. The highest BCUT2D eigenvalue weighted by Crippen LogP contribution is 2.14. The molecule has 1 aliphatic heterocycles. The van der Waals surface area contributed by atoms with Gasteiger partial charge in [0.2, 0.25) is 0 Å². The lowest BCUT2D eigenvalue weighted by atomic mass is 10.2. The van der Waals surface area contributed by atoms with Crippen LogP contribution in [-0.2, 0) is 9.47 Å². The van der Waals surface area contributed by atoms with Crippen molar-refractivity contribution in [1.29, 1.82) is 0 Å². The maximum Gasteiger partial charge on any atom is 0.157 e. The summed E-state index contributed by atoms with van der Waals surface area (Å²) in [6, 6.07) is 0. The van der Waals surface area contributed by atoms with Crippen LogP contribution in [0.4, 0.5) is 0 Å². The van der Waals surface area contributed by atoms with Gasteiger partial charge in [0.05, 0.1) is 0 Å². The summed E-state index contributed by atoms with van der Waals surface area (Å²) in [5.74, 6) is 0. The van der Waals surface area contributed by atoms with Crippen molar-refractivity contribution >= 4 is 0 Å². The molecule has 0 saturated carbocycles. The summed E-state index contributed by atoms with van der Waals surface area (Å²) in [5.41, 5.74) is 0. The lowest BCUT2D eigenvalue weighted by molar-refractivity contribution is -0.162. The van der Waals surface area contributed by atoms with Crippen molar-refractivity contribution in [3.05, 3.63) is 24.3 Å². The molecule has 2 heteroatoms. The van der Waals surface area contributed by atoms with E-state index in [9.17, 15) is 0 Å². The topological polar surface area (TPSA) is 18.5 Å². The first-order valence-electron chi connectivity index (χ1n) is 8.46. The summed E-state index contributed by atoms with van der Waals surface area (Å²) in [6.07, 6.45) is 21.2. The first kappa shape index (κ1) is 17.5. The van der Waals surface area contributed by atoms with Crippen LogP contribution in [0.15, 0.2) is 24.3 Å². The highest BCUT2D eigenvalue weighted by molar-refractivity contribution is 4.87. The number of ether oxygens (including phenoxy) is 2. The molecule has 2 nitrogen and oxygen atoms in total. The first-order valence-corrected chi connectivity index (χ1v) is 8.46. The van der Waals surface area contributed by atoms with E-state index in [1.807, 2.05) is 0 Å². The van der Waals surface area contributed by atoms with Gasteiger partial charge in [-0.15, -0.1) is 0 Å². The van der Waals surface area contributed by atoms with Gasteiger partial charge in [-0.1, -0.05) is 37.6 Å². The predicted molar refractivity (Wildman–Crippen MR) is 85.8 cm³/mol. The molecule has 1 rings (SSSR count). The molecule has 0 aliphatic carbocycles. The van der Waals surface area contributed by atoms with Crippen LogP contribution in [0.2, 0.25) is 0 Å². The Kier molecular flexibility index (Phi) is 11.7. The standard InChI is InChI=1S/C18H32O2/c1-2-3-4-5-6-7-8-9-10-11-13-16-19-18-15-12-14-17-20-18/h4-5,8-9,18H,2-3,6-7,10-17H2,1H3/b5-4+,9-8+/t18-/m0/s1. The molecule has 1 atom stereocenters. The highest BCUT2D eigenvalue weighted by atomic mass is 16.7. The monoisotopic (exact) mass is 280 g/mol. The van der Waals surface area contributed by atoms with E-state index in [1.165, 1.54) is 51.4 Å². The maximum atomic E-state index is 5.71. The molecule has 0 N–H and O–H groups in total. The summed E-state index contributed by atoms with van der Waals surface area (Å²) in [7, 11) is 0. The van der Waals surface area contributed by atoms with Gasteiger partial charge in [-0.05, 0) is 57.8 Å². The van der Waals surface area contributed by atoms with Crippen molar-refractivity contribution in [3.8, 4) is 0 Å². The van der Waals surface area contributed by atoms with Gasteiger partial charge < -0.3 is 9.47 Å². The molecule has 0 aromatic rings. The number of allylic oxidation sites excluding steroid dienone is 4. The molecule has 1 heterocycles. The number of hydrogen-bond acceptors (Lipinski definition) is 2.